The van der Waals surface area contributed by atoms with Gasteiger partial charge in [0.2, 0.25) is 0 Å². The maximum absolute atomic E-state index is 11.0. The van der Waals surface area contributed by atoms with Gasteiger partial charge in [-0.25, -0.2) is 0 Å². The topological polar surface area (TPSA) is 52.3 Å². The highest BCUT2D eigenvalue weighted by atomic mass is 16.5. The van der Waals surface area contributed by atoms with Crippen LogP contribution in [0.3, 0.4) is 0 Å². The molecule has 0 aliphatic heterocycles. The van der Waals surface area contributed by atoms with E-state index in [1.807, 2.05) is 6.08 Å². The lowest BCUT2D eigenvalue weighted by atomic mass is 9.90. The number of hydrogen-bond acceptors (Lipinski definition) is 3. The molecule has 0 saturated heterocycles. The molecule has 68 valence electrons. The van der Waals surface area contributed by atoms with E-state index in [0.29, 0.717) is 0 Å². The molecule has 1 aliphatic rings. The minimum Gasteiger partial charge on any atom is -0.468 e. The Bertz CT molecular complexity index is 189. The van der Waals surface area contributed by atoms with Crippen molar-refractivity contribution >= 4 is 5.97 Å². The Morgan fingerprint density at radius 3 is 3.00 bits per heavy atom. The van der Waals surface area contributed by atoms with Gasteiger partial charge in [0, 0.05) is 5.92 Å². The molecule has 0 aromatic heterocycles. The fraction of sp³-hybridized carbons (Fsp3) is 0.667. The molecule has 0 heterocycles. The van der Waals surface area contributed by atoms with Crippen molar-refractivity contribution in [2.45, 2.75) is 25.3 Å². The zero-order chi connectivity index (χ0) is 8.97. The summed E-state index contributed by atoms with van der Waals surface area (Å²) in [7, 11) is 1.37. The van der Waals surface area contributed by atoms with E-state index in [9.17, 15) is 4.79 Å². The van der Waals surface area contributed by atoms with Crippen LogP contribution in [0.4, 0.5) is 0 Å². The quantitative estimate of drug-likeness (QED) is 0.492. The number of allylic oxidation sites excluding steroid dienone is 1. The summed E-state index contributed by atoms with van der Waals surface area (Å²) >= 11 is 0. The van der Waals surface area contributed by atoms with Crippen LogP contribution in [0.5, 0.6) is 0 Å². The first-order valence-corrected chi connectivity index (χ1v) is 4.26. The minimum absolute atomic E-state index is 0.172. The Morgan fingerprint density at radius 2 is 2.50 bits per heavy atom. The number of nitrogens with two attached hydrogens (primary N) is 1. The number of hydrogen-bond donors (Lipinski definition) is 1. The number of ether oxygens (including phenoxy) is 1. The van der Waals surface area contributed by atoms with E-state index in [0.717, 1.165) is 19.3 Å². The van der Waals surface area contributed by atoms with Gasteiger partial charge >= 0.3 is 5.97 Å². The average Bonchev–Trinajstić information content (AvgIpc) is 2.17. The van der Waals surface area contributed by atoms with Gasteiger partial charge in [0.1, 0.15) is 6.04 Å². The van der Waals surface area contributed by atoms with Gasteiger partial charge in [-0.1, -0.05) is 12.2 Å². The third-order valence-corrected chi connectivity index (χ3v) is 2.23. The van der Waals surface area contributed by atoms with Crippen molar-refractivity contribution in [3.63, 3.8) is 0 Å². The van der Waals surface area contributed by atoms with Crippen molar-refractivity contribution in [2.24, 2.45) is 11.7 Å². The van der Waals surface area contributed by atoms with E-state index in [1.54, 1.807) is 0 Å². The second-order valence-electron chi connectivity index (χ2n) is 3.07. The van der Waals surface area contributed by atoms with Crippen LogP contribution < -0.4 is 5.73 Å². The third kappa shape index (κ3) is 2.08. The first-order valence-electron chi connectivity index (χ1n) is 4.26. The molecule has 2 atom stereocenters. The highest BCUT2D eigenvalue weighted by Crippen LogP contribution is 2.19. The monoisotopic (exact) mass is 169 g/mol. The van der Waals surface area contributed by atoms with Gasteiger partial charge in [-0.15, -0.1) is 0 Å². The lowest BCUT2D eigenvalue weighted by Gasteiger charge is -2.20. The van der Waals surface area contributed by atoms with Crippen LogP contribution in [0.25, 0.3) is 0 Å². The average molecular weight is 169 g/mol. The van der Waals surface area contributed by atoms with Gasteiger partial charge in [0.15, 0.2) is 0 Å². The van der Waals surface area contributed by atoms with Crippen LogP contribution in [-0.4, -0.2) is 19.1 Å². The van der Waals surface area contributed by atoms with Gasteiger partial charge < -0.3 is 10.5 Å². The molecule has 0 bridgehead atoms. The van der Waals surface area contributed by atoms with E-state index in [1.165, 1.54) is 7.11 Å². The van der Waals surface area contributed by atoms with E-state index >= 15 is 0 Å². The summed E-state index contributed by atoms with van der Waals surface area (Å²) in [6.07, 6.45) is 7.31. The van der Waals surface area contributed by atoms with Crippen molar-refractivity contribution in [2.75, 3.05) is 7.11 Å². The lowest BCUT2D eigenvalue weighted by Crippen LogP contribution is -2.38. The smallest absolute Gasteiger partial charge is 0.323 e. The second kappa shape index (κ2) is 4.26. The molecule has 0 spiro atoms. The molecule has 1 rings (SSSR count). The summed E-state index contributed by atoms with van der Waals surface area (Å²) in [6, 6.07) is -0.480. The summed E-state index contributed by atoms with van der Waals surface area (Å²) in [5, 5.41) is 0. The van der Waals surface area contributed by atoms with E-state index in [-0.39, 0.29) is 11.9 Å². The van der Waals surface area contributed by atoms with Gasteiger partial charge in [-0.05, 0) is 19.3 Å². The van der Waals surface area contributed by atoms with Gasteiger partial charge in [-0.2, -0.15) is 0 Å². The number of esters is 1. The van der Waals surface area contributed by atoms with Gasteiger partial charge in [0.05, 0.1) is 7.11 Å². The Hall–Kier alpha value is -0.830. The van der Waals surface area contributed by atoms with Crippen LogP contribution in [0, 0.1) is 5.92 Å². The van der Waals surface area contributed by atoms with Crippen LogP contribution in [-0.2, 0) is 9.53 Å². The largest absolute Gasteiger partial charge is 0.468 e. The fourth-order valence-electron chi connectivity index (χ4n) is 1.45. The van der Waals surface area contributed by atoms with Crippen molar-refractivity contribution in [3.8, 4) is 0 Å². The maximum Gasteiger partial charge on any atom is 0.323 e. The van der Waals surface area contributed by atoms with Crippen LogP contribution in [0.2, 0.25) is 0 Å². The normalized spacial score (nSPS) is 25.0. The SMILES string of the molecule is COC(=O)C(N)C1C=CCCC1. The minimum atomic E-state index is -0.480. The molecule has 0 aromatic carbocycles. The Kier molecular flexibility index (Phi) is 3.29. The van der Waals surface area contributed by atoms with E-state index in [4.69, 9.17) is 5.73 Å². The fourth-order valence-corrected chi connectivity index (χ4v) is 1.45. The Morgan fingerprint density at radius 1 is 1.75 bits per heavy atom. The van der Waals surface area contributed by atoms with E-state index in [2.05, 4.69) is 10.8 Å². The molecule has 1 aliphatic carbocycles. The lowest BCUT2D eigenvalue weighted by molar-refractivity contribution is -0.143. The number of rotatable bonds is 2. The third-order valence-electron chi connectivity index (χ3n) is 2.23. The van der Waals surface area contributed by atoms with Crippen LogP contribution in [0.15, 0.2) is 12.2 Å². The first kappa shape index (κ1) is 9.26. The zero-order valence-corrected chi connectivity index (χ0v) is 7.32. The molecule has 2 unspecified atom stereocenters. The molecule has 0 amide bonds. The van der Waals surface area contributed by atoms with Crippen molar-refractivity contribution in [1.29, 1.82) is 0 Å². The molecule has 0 fully saturated rings. The highest BCUT2D eigenvalue weighted by Gasteiger charge is 2.23. The molecule has 3 nitrogen and oxygen atoms in total. The molecule has 0 radical (unpaired) electrons. The summed E-state index contributed by atoms with van der Waals surface area (Å²) in [5.41, 5.74) is 5.68. The van der Waals surface area contributed by atoms with Crippen LogP contribution >= 0.6 is 0 Å². The van der Waals surface area contributed by atoms with Crippen molar-refractivity contribution in [3.05, 3.63) is 12.2 Å². The van der Waals surface area contributed by atoms with Crippen molar-refractivity contribution < 1.29 is 9.53 Å². The standard InChI is InChI=1S/C9H15NO2/c1-12-9(11)8(10)7-5-3-2-4-6-7/h3,5,7-8H,2,4,6,10H2,1H3. The molecule has 0 saturated carbocycles. The molecular formula is C9H15NO2. The molecular weight excluding hydrogens is 154 g/mol. The zero-order valence-electron chi connectivity index (χ0n) is 7.32. The predicted octanol–water partition coefficient (Wildman–Crippen LogP) is 0.843. The molecule has 0 aromatic rings. The van der Waals surface area contributed by atoms with Gasteiger partial charge in [-0.3, -0.25) is 4.79 Å². The second-order valence-corrected chi connectivity index (χ2v) is 3.07. The van der Waals surface area contributed by atoms with Crippen LogP contribution in [0.1, 0.15) is 19.3 Å². The number of carbonyl (C=O) groups excluding carboxylic acids is 1. The number of carbonyl (C=O) groups is 1. The first-order chi connectivity index (χ1) is 5.75. The molecule has 3 heteroatoms. The van der Waals surface area contributed by atoms with Gasteiger partial charge in [0.25, 0.3) is 0 Å². The molecule has 2 N–H and O–H groups in total. The molecule has 12 heavy (non-hydrogen) atoms. The highest BCUT2D eigenvalue weighted by molar-refractivity contribution is 5.76. The number of methoxy groups -OCH3 is 1. The van der Waals surface area contributed by atoms with E-state index < -0.39 is 6.04 Å². The summed E-state index contributed by atoms with van der Waals surface area (Å²) in [6.45, 7) is 0. The predicted molar refractivity (Wildman–Crippen MR) is 46.5 cm³/mol. The van der Waals surface area contributed by atoms with Crippen molar-refractivity contribution in [1.82, 2.24) is 0 Å². The Labute approximate surface area is 72.6 Å². The summed E-state index contributed by atoms with van der Waals surface area (Å²) in [5.74, 6) is -0.141. The summed E-state index contributed by atoms with van der Waals surface area (Å²) in [4.78, 5) is 11.0. The maximum atomic E-state index is 11.0. The summed E-state index contributed by atoms with van der Waals surface area (Å²) < 4.78 is 4.57. The Balaban J connectivity index is 2.50.